The first kappa shape index (κ1) is 17.4. The summed E-state index contributed by atoms with van der Waals surface area (Å²) in [6.45, 7) is 0.896. The predicted octanol–water partition coefficient (Wildman–Crippen LogP) is 5.66. The monoisotopic (exact) mass is 389 g/mol. The highest BCUT2D eigenvalue weighted by Crippen LogP contribution is 2.34. The van der Waals surface area contributed by atoms with Crippen LogP contribution >= 0.6 is 23.2 Å². The molecule has 0 fully saturated rings. The van der Waals surface area contributed by atoms with E-state index in [0.29, 0.717) is 16.5 Å². The number of hydrogen-bond donors (Lipinski definition) is 1. The van der Waals surface area contributed by atoms with Crippen LogP contribution in [0.2, 0.25) is 10.0 Å². The van der Waals surface area contributed by atoms with Crippen LogP contribution in [0.4, 0.5) is 10.2 Å². The zero-order valence-electron chi connectivity index (χ0n) is 14.1. The maximum absolute atomic E-state index is 13.2. The molecular formula is C20H18Cl2FN3. The van der Waals surface area contributed by atoms with Crippen LogP contribution in [0.3, 0.4) is 0 Å². The molecule has 3 nitrogen and oxygen atoms in total. The summed E-state index contributed by atoms with van der Waals surface area (Å²) in [7, 11) is 0. The minimum atomic E-state index is -0.231. The number of fused-ring (bicyclic) bond motifs is 1. The highest BCUT2D eigenvalue weighted by Gasteiger charge is 2.22. The van der Waals surface area contributed by atoms with Gasteiger partial charge in [0.05, 0.1) is 21.4 Å². The van der Waals surface area contributed by atoms with Gasteiger partial charge in [0.2, 0.25) is 0 Å². The first-order chi connectivity index (χ1) is 12.6. The molecule has 134 valence electrons. The van der Waals surface area contributed by atoms with Gasteiger partial charge in [-0.15, -0.1) is 0 Å². The molecule has 2 heterocycles. The van der Waals surface area contributed by atoms with Gasteiger partial charge in [-0.2, -0.15) is 5.10 Å². The molecule has 0 amide bonds. The third-order valence-electron chi connectivity index (χ3n) is 4.66. The summed E-state index contributed by atoms with van der Waals surface area (Å²) < 4.78 is 15.1. The molecular weight excluding hydrogens is 372 g/mol. The topological polar surface area (TPSA) is 29.9 Å². The lowest BCUT2D eigenvalue weighted by molar-refractivity contribution is 0.627. The van der Waals surface area contributed by atoms with E-state index in [1.54, 1.807) is 18.2 Å². The van der Waals surface area contributed by atoms with E-state index in [-0.39, 0.29) is 5.82 Å². The van der Waals surface area contributed by atoms with Gasteiger partial charge in [0.15, 0.2) is 0 Å². The Morgan fingerprint density at radius 3 is 2.69 bits per heavy atom. The van der Waals surface area contributed by atoms with E-state index < -0.39 is 0 Å². The fourth-order valence-electron chi connectivity index (χ4n) is 3.34. The van der Waals surface area contributed by atoms with Crippen LogP contribution < -0.4 is 5.32 Å². The Balaban J connectivity index is 1.81. The average Bonchev–Trinajstić information content (AvgIpc) is 2.81. The predicted molar refractivity (Wildman–Crippen MR) is 104 cm³/mol. The Bertz CT molecular complexity index is 935. The summed E-state index contributed by atoms with van der Waals surface area (Å²) in [5.41, 5.74) is 3.97. The van der Waals surface area contributed by atoms with Crippen LogP contribution in [-0.2, 0) is 12.8 Å². The molecule has 1 aliphatic heterocycles. The summed E-state index contributed by atoms with van der Waals surface area (Å²) in [5, 5.41) is 9.32. The third kappa shape index (κ3) is 3.31. The van der Waals surface area contributed by atoms with Gasteiger partial charge >= 0.3 is 0 Å². The van der Waals surface area contributed by atoms with Gasteiger partial charge in [-0.05, 0) is 49.1 Å². The Hall–Kier alpha value is -2.04. The number of rotatable bonds is 3. The molecule has 1 aliphatic rings. The normalized spacial score (nSPS) is 13.8. The lowest BCUT2D eigenvalue weighted by atomic mass is 10.0. The highest BCUT2D eigenvalue weighted by molar-refractivity contribution is 6.43. The van der Waals surface area contributed by atoms with Crippen molar-refractivity contribution in [1.29, 1.82) is 0 Å². The lowest BCUT2D eigenvalue weighted by Gasteiger charge is -2.11. The van der Waals surface area contributed by atoms with Crippen molar-refractivity contribution in [3.8, 4) is 5.69 Å². The number of nitrogens with one attached hydrogen (secondary N) is 1. The smallest absolute Gasteiger partial charge is 0.133 e. The molecule has 3 aromatic rings. The SMILES string of the molecule is Fc1ccc(Cc2nn(-c3cccc(Cl)c3Cl)c3c2CCCCN3)cc1. The Kier molecular flexibility index (Phi) is 4.88. The first-order valence-electron chi connectivity index (χ1n) is 8.67. The maximum atomic E-state index is 13.2. The van der Waals surface area contributed by atoms with Crippen LogP contribution in [0.15, 0.2) is 42.5 Å². The molecule has 0 aliphatic carbocycles. The van der Waals surface area contributed by atoms with Gasteiger partial charge in [0.1, 0.15) is 11.6 Å². The van der Waals surface area contributed by atoms with Crippen LogP contribution in [0.5, 0.6) is 0 Å². The number of anilines is 1. The number of hydrogen-bond acceptors (Lipinski definition) is 2. The molecule has 0 saturated heterocycles. The summed E-state index contributed by atoms with van der Waals surface area (Å²) in [6.07, 6.45) is 3.81. The van der Waals surface area contributed by atoms with E-state index in [1.807, 2.05) is 16.8 Å². The summed E-state index contributed by atoms with van der Waals surface area (Å²) in [5.74, 6) is 0.745. The van der Waals surface area contributed by atoms with Crippen molar-refractivity contribution in [1.82, 2.24) is 9.78 Å². The molecule has 0 unspecified atom stereocenters. The van der Waals surface area contributed by atoms with Crippen molar-refractivity contribution in [2.24, 2.45) is 0 Å². The van der Waals surface area contributed by atoms with Crippen molar-refractivity contribution < 1.29 is 4.39 Å². The molecule has 0 spiro atoms. The summed E-state index contributed by atoms with van der Waals surface area (Å²) in [6, 6.07) is 12.1. The molecule has 0 bridgehead atoms. The van der Waals surface area contributed by atoms with Gasteiger partial charge in [-0.25, -0.2) is 9.07 Å². The Labute approximate surface area is 161 Å². The number of halogens is 3. The van der Waals surface area contributed by atoms with Crippen LogP contribution in [0, 0.1) is 5.82 Å². The second-order valence-electron chi connectivity index (χ2n) is 6.45. The van der Waals surface area contributed by atoms with Crippen LogP contribution in [0.1, 0.15) is 29.7 Å². The highest BCUT2D eigenvalue weighted by atomic mass is 35.5. The van der Waals surface area contributed by atoms with Crippen LogP contribution in [0.25, 0.3) is 5.69 Å². The molecule has 0 saturated carbocycles. The fourth-order valence-corrected chi connectivity index (χ4v) is 3.72. The van der Waals surface area contributed by atoms with Crippen molar-refractivity contribution >= 4 is 29.0 Å². The van der Waals surface area contributed by atoms with Crippen molar-refractivity contribution in [2.45, 2.75) is 25.7 Å². The average molecular weight is 390 g/mol. The zero-order chi connectivity index (χ0) is 18.1. The molecule has 0 atom stereocenters. The second kappa shape index (κ2) is 7.29. The van der Waals surface area contributed by atoms with E-state index >= 15 is 0 Å². The van der Waals surface area contributed by atoms with Gasteiger partial charge in [0.25, 0.3) is 0 Å². The van der Waals surface area contributed by atoms with Gasteiger partial charge < -0.3 is 5.32 Å². The third-order valence-corrected chi connectivity index (χ3v) is 5.47. The van der Waals surface area contributed by atoms with E-state index in [4.69, 9.17) is 28.3 Å². The largest absolute Gasteiger partial charge is 0.370 e. The van der Waals surface area contributed by atoms with E-state index in [2.05, 4.69) is 5.32 Å². The number of nitrogens with zero attached hydrogens (tertiary/aromatic N) is 2. The van der Waals surface area contributed by atoms with Gasteiger partial charge in [0, 0.05) is 18.5 Å². The van der Waals surface area contributed by atoms with Crippen molar-refractivity contribution in [3.63, 3.8) is 0 Å². The first-order valence-corrected chi connectivity index (χ1v) is 9.42. The summed E-state index contributed by atoms with van der Waals surface area (Å²) >= 11 is 12.6. The Morgan fingerprint density at radius 2 is 1.88 bits per heavy atom. The maximum Gasteiger partial charge on any atom is 0.133 e. The van der Waals surface area contributed by atoms with E-state index in [0.717, 1.165) is 48.6 Å². The molecule has 26 heavy (non-hydrogen) atoms. The molecule has 6 heteroatoms. The second-order valence-corrected chi connectivity index (χ2v) is 7.23. The molecule has 2 aromatic carbocycles. The van der Waals surface area contributed by atoms with Crippen molar-refractivity contribution in [2.75, 3.05) is 11.9 Å². The quantitative estimate of drug-likeness (QED) is 0.626. The van der Waals surface area contributed by atoms with Gasteiger partial charge in [-0.1, -0.05) is 41.4 Å². The number of aromatic nitrogens is 2. The number of benzene rings is 2. The van der Waals surface area contributed by atoms with Crippen molar-refractivity contribution in [3.05, 3.63) is 75.1 Å². The van der Waals surface area contributed by atoms with Gasteiger partial charge in [-0.3, -0.25) is 0 Å². The standard InChI is InChI=1S/C20H18Cl2FN3/c21-16-5-3-6-18(19(16)22)26-20-15(4-1-2-11-24-20)17(25-26)12-13-7-9-14(23)10-8-13/h3,5-10,24H,1-2,4,11-12H2. The Morgan fingerprint density at radius 1 is 1.08 bits per heavy atom. The molecule has 1 aromatic heterocycles. The summed E-state index contributed by atoms with van der Waals surface area (Å²) in [4.78, 5) is 0. The molecule has 0 radical (unpaired) electrons. The van der Waals surface area contributed by atoms with E-state index in [9.17, 15) is 4.39 Å². The fraction of sp³-hybridized carbons (Fsp3) is 0.250. The minimum Gasteiger partial charge on any atom is -0.370 e. The van der Waals surface area contributed by atoms with E-state index in [1.165, 1.54) is 17.7 Å². The van der Waals surface area contributed by atoms with Crippen LogP contribution in [-0.4, -0.2) is 16.3 Å². The minimum absolute atomic E-state index is 0.231. The molecule has 4 rings (SSSR count). The lowest BCUT2D eigenvalue weighted by Crippen LogP contribution is -2.07. The molecule has 1 N–H and O–H groups in total. The zero-order valence-corrected chi connectivity index (χ0v) is 15.6.